The van der Waals surface area contributed by atoms with Crippen molar-refractivity contribution < 1.29 is 218 Å². The summed E-state index contributed by atoms with van der Waals surface area (Å²) in [6, 6.07) is 15.8. The third kappa shape index (κ3) is 31.7. The number of benzene rings is 2. The van der Waals surface area contributed by atoms with Gasteiger partial charge in [0.05, 0.1) is 0 Å². The van der Waals surface area contributed by atoms with Crippen molar-refractivity contribution in [2.45, 2.75) is 49.0 Å². The zero-order chi connectivity index (χ0) is 53.7. The fourth-order valence-corrected chi connectivity index (χ4v) is 5.45. The number of aromatic nitrogens is 22. The molecule has 0 unspecified atom stereocenters. The molecule has 0 radical (unpaired) electrons. The van der Waals surface area contributed by atoms with E-state index in [0.29, 0.717) is 11.5 Å². The molecule has 420 valence electrons. The smallest absolute Gasteiger partial charge is 0.168 e. The number of nitrogens with zero attached hydrogens (tertiary/aromatic N) is 29. The van der Waals surface area contributed by atoms with Gasteiger partial charge in [0.1, 0.15) is 6.33 Å². The number of pyridine rings is 1. The van der Waals surface area contributed by atoms with Crippen LogP contribution in [0.1, 0.15) is 41.3 Å². The van der Waals surface area contributed by atoms with Crippen LogP contribution in [-0.4, -0.2) is 203 Å². The first-order chi connectivity index (χ1) is 35.9. The summed E-state index contributed by atoms with van der Waals surface area (Å²) in [5, 5.41) is 49.4. The van der Waals surface area contributed by atoms with Crippen LogP contribution in [-0.2, 0) is 0 Å². The minimum absolute atomic E-state index is 0. The van der Waals surface area contributed by atoms with Gasteiger partial charge >= 0.3 is 0 Å². The zero-order valence-corrected chi connectivity index (χ0v) is 75.6. The molecule has 8 aromatic heterocycles. The average Bonchev–Trinajstić information content (AvgIpc) is 4.27. The summed E-state index contributed by atoms with van der Waals surface area (Å²) < 4.78 is 8.94. The molecule has 0 fully saturated rings. The third-order valence-corrected chi connectivity index (χ3v) is 8.37. The molecule has 0 saturated carbocycles. The topological polar surface area (TPSA) is 314 Å². The maximum absolute atomic E-state index is 4.17. The van der Waals surface area contributed by atoms with E-state index in [2.05, 4.69) is 156 Å². The van der Waals surface area contributed by atoms with Crippen molar-refractivity contribution in [1.29, 1.82) is 0 Å². The van der Waals surface area contributed by atoms with Crippen molar-refractivity contribution >= 4 is 77.6 Å². The molecule has 0 atom stereocenters. The molecule has 0 aliphatic carbocycles. The Bertz CT molecular complexity index is 3170. The Morgan fingerprint density at radius 1 is 0.451 bits per heavy atom. The average molecular weight is 2680 g/mol. The molecule has 0 N–H and O–H groups in total. The Hall–Kier alpha value is -2.60. The summed E-state index contributed by atoms with van der Waals surface area (Å²) in [5.41, 5.74) is 10.5. The van der Waals surface area contributed by atoms with Crippen molar-refractivity contribution in [2.24, 2.45) is 34.9 Å². The van der Waals surface area contributed by atoms with Crippen LogP contribution in [0.5, 0.6) is 0 Å². The van der Waals surface area contributed by atoms with E-state index < -0.39 is 0 Å². The van der Waals surface area contributed by atoms with E-state index in [-0.39, 0.29) is 225 Å². The first kappa shape index (κ1) is 88.2. The second-order valence-corrected chi connectivity index (χ2v) is 14.3. The Kier molecular flexibility index (Phi) is 54.3. The van der Waals surface area contributed by atoms with Crippen molar-refractivity contribution in [1.82, 2.24) is 110 Å². The van der Waals surface area contributed by atoms with Gasteiger partial charge in [0.15, 0.2) is 5.82 Å². The fourth-order valence-electron chi connectivity index (χ4n) is 5.45. The van der Waals surface area contributed by atoms with Crippen LogP contribution in [0.3, 0.4) is 0 Å². The molecule has 0 bridgehead atoms. The Morgan fingerprint density at radius 2 is 0.927 bits per heavy atom. The van der Waals surface area contributed by atoms with Gasteiger partial charge in [0.25, 0.3) is 0 Å². The predicted molar refractivity (Wildman–Crippen MR) is 287 cm³/mol. The fraction of sp³-hybridized carbons (Fsp3) is 0.304. The number of aliphatic imine (C=N–C) groups is 7. The number of hydrogen-bond acceptors (Lipinski definition) is 22. The van der Waals surface area contributed by atoms with Gasteiger partial charge in [-0.25, -0.2) is 11.4 Å². The standard InChI is InChI=1S/2C9H9N4.C8H8N5.C7H10N3.C4H6N5.2C4H5N4.CH4.7U/c2*1-7-3-4-9-8(5-7)11-12-13(9)6-10-2;1-6-3-7-8(10-4-6)13(5-9-2)12-11-7;1-6-4-7(2)10(9-6)5-8-3;1-4-6-8-9(7-4)3-5-2;1-5-3-8-4-6-2-7-8;1-5-4-8-3-2-6-7-8;;;;;;;;/h2*3-5H,1-2H3;3-4H,1-2H3;4H,1-3H3;1-2H3;2,4H,1H3;2-3H,1H3;1H4;;;;;;;/q7*-1;;;;;;;;. The number of tetrazole rings is 1. The molecule has 10 aromatic rings. The Morgan fingerprint density at radius 3 is 1.37 bits per heavy atom. The largest absolute Gasteiger partial charge is 0.481 e. The predicted octanol–water partition coefficient (Wildman–Crippen LogP) is 2.97. The summed E-state index contributed by atoms with van der Waals surface area (Å²) in [4.78, 5) is 34.8. The Labute approximate surface area is 642 Å². The molecule has 8 heterocycles. The van der Waals surface area contributed by atoms with E-state index in [0.717, 1.165) is 44.5 Å². The molecule has 0 amide bonds. The van der Waals surface area contributed by atoms with E-state index in [1.54, 1.807) is 79.5 Å². The SMILES string of the molecule is C.CN=[C-]n1ccnn1.CN=[C-]n1cncn1.CN=[C-]n1nc(C)cc1C.CN=[C-]n1nnc(C)n1.CN=[C-]n1nnc2cc(C)ccc21.CN=[C-]n1nnc2cc(C)ccc21.CN=[C-]n1nnc2cc(C)cnc21.[U].[U].[U].[U].[U].[U].[U]. The van der Waals surface area contributed by atoms with Gasteiger partial charge in [-0.15, -0.1) is 29.0 Å². The van der Waals surface area contributed by atoms with Crippen molar-refractivity contribution in [3.05, 3.63) is 114 Å². The number of rotatable bonds is 7. The molecular weight excluding hydrogens is 2620 g/mol. The number of hydrogen-bond donors (Lipinski definition) is 0. The van der Waals surface area contributed by atoms with Crippen LogP contribution in [0.25, 0.3) is 33.2 Å². The summed E-state index contributed by atoms with van der Waals surface area (Å²) in [5.74, 6) is 0.617. The maximum atomic E-state index is 4.17. The molecule has 0 saturated heterocycles. The first-order valence-corrected chi connectivity index (χ1v) is 21.6. The van der Waals surface area contributed by atoms with Gasteiger partial charge in [-0.3, -0.25) is 0 Å². The van der Waals surface area contributed by atoms with E-state index >= 15 is 0 Å². The van der Waals surface area contributed by atoms with E-state index in [1.807, 2.05) is 83.1 Å². The molecule has 82 heavy (non-hydrogen) atoms. The molecule has 0 spiro atoms. The van der Waals surface area contributed by atoms with Gasteiger partial charge in [-0.2, -0.15) is 30.6 Å². The quantitative estimate of drug-likeness (QED) is 0.126. The molecule has 36 heteroatoms. The van der Waals surface area contributed by atoms with Gasteiger partial charge in [-0.1, -0.05) is 80.9 Å². The monoisotopic (exact) mass is 2680 g/mol. The molecule has 29 nitrogen and oxygen atoms in total. The molecule has 10 rings (SSSR count). The van der Waals surface area contributed by atoms with E-state index in [9.17, 15) is 0 Å². The van der Waals surface area contributed by atoms with Gasteiger partial charge in [-0.05, 0) is 116 Å². The minimum atomic E-state index is 0. The van der Waals surface area contributed by atoms with Crippen LogP contribution in [0.2, 0.25) is 0 Å². The molecule has 2 aromatic carbocycles. The summed E-state index contributed by atoms with van der Waals surface area (Å²) in [6.45, 7) is 11.7. The van der Waals surface area contributed by atoms with Crippen LogP contribution >= 0.6 is 0 Å². The molecular formula is C46H56N29U7-7. The van der Waals surface area contributed by atoms with Crippen LogP contribution < -0.4 is 0 Å². The summed E-state index contributed by atoms with van der Waals surface area (Å²) in [6.07, 6.45) is 26.4. The normalized spacial score (nSPS) is 10.1. The first-order valence-electron chi connectivity index (χ1n) is 21.6. The van der Waals surface area contributed by atoms with Crippen molar-refractivity contribution in [3.8, 4) is 0 Å². The minimum Gasteiger partial charge on any atom is -0.481 e. The summed E-state index contributed by atoms with van der Waals surface area (Å²) >= 11 is 0. The molecule has 0 aliphatic rings. The van der Waals surface area contributed by atoms with Crippen molar-refractivity contribution in [3.63, 3.8) is 0 Å². The third-order valence-electron chi connectivity index (χ3n) is 8.37. The van der Waals surface area contributed by atoms with Gasteiger partial charge < -0.3 is 77.8 Å². The van der Waals surface area contributed by atoms with E-state index in [1.165, 1.54) is 52.0 Å². The van der Waals surface area contributed by atoms with E-state index in [4.69, 9.17) is 0 Å². The number of aryl methyl sites for hydroxylation is 6. The van der Waals surface area contributed by atoms with Crippen LogP contribution in [0.15, 0.2) is 115 Å². The zero-order valence-electron chi connectivity index (χ0n) is 46.5. The molecule has 0 aliphatic heterocycles. The van der Waals surface area contributed by atoms with Crippen molar-refractivity contribution in [2.75, 3.05) is 49.3 Å². The number of fused-ring (bicyclic) bond motifs is 3. The Balaban J connectivity index is -0.000000279. The van der Waals surface area contributed by atoms with Crippen LogP contribution in [0, 0.1) is 259 Å². The van der Waals surface area contributed by atoms with Crippen LogP contribution in [0.4, 0.5) is 0 Å². The summed E-state index contributed by atoms with van der Waals surface area (Å²) in [7, 11) is 11.5. The van der Waals surface area contributed by atoms with Gasteiger partial charge in [0, 0.05) is 294 Å². The van der Waals surface area contributed by atoms with Gasteiger partial charge in [0.2, 0.25) is 0 Å². The second-order valence-electron chi connectivity index (χ2n) is 14.3. The second kappa shape index (κ2) is 50.5. The maximum Gasteiger partial charge on any atom is 0.168 e.